The number of halogens is 4. The van der Waals surface area contributed by atoms with Gasteiger partial charge in [0.15, 0.2) is 6.61 Å². The van der Waals surface area contributed by atoms with Gasteiger partial charge in [-0.3, -0.25) is 4.79 Å². The number of pyridine rings is 1. The molecule has 0 aliphatic rings. The predicted octanol–water partition coefficient (Wildman–Crippen LogP) is 4.23. The second kappa shape index (κ2) is 9.68. The van der Waals surface area contributed by atoms with Crippen LogP contribution in [0.3, 0.4) is 0 Å². The fourth-order valence-corrected chi connectivity index (χ4v) is 2.87. The molecule has 0 aliphatic carbocycles. The molecular formula is C17H16ClF3N2O2S. The number of benzene rings is 1. The molecule has 0 saturated heterocycles. The van der Waals surface area contributed by atoms with Gasteiger partial charge in [-0.15, -0.1) is 11.8 Å². The number of carbonyl (C=O) groups excluding carboxylic acids is 1. The van der Waals surface area contributed by atoms with Gasteiger partial charge in [0.2, 0.25) is 11.8 Å². The van der Waals surface area contributed by atoms with Crippen molar-refractivity contribution in [1.82, 2.24) is 10.3 Å². The maximum absolute atomic E-state index is 12.3. The molecule has 140 valence electrons. The molecule has 1 N–H and O–H groups in total. The summed E-state index contributed by atoms with van der Waals surface area (Å²) in [6.07, 6.45) is -3.12. The first kappa shape index (κ1) is 20.4. The quantitative estimate of drug-likeness (QED) is 0.715. The van der Waals surface area contributed by atoms with E-state index in [2.05, 4.69) is 15.0 Å². The molecule has 0 spiro atoms. The molecule has 1 amide bonds. The lowest BCUT2D eigenvalue weighted by molar-refractivity contribution is -0.154. The van der Waals surface area contributed by atoms with Crippen molar-refractivity contribution in [2.75, 3.05) is 12.4 Å². The van der Waals surface area contributed by atoms with E-state index in [-0.39, 0.29) is 24.1 Å². The molecular weight excluding hydrogens is 389 g/mol. The first-order valence-electron chi connectivity index (χ1n) is 7.56. The summed E-state index contributed by atoms with van der Waals surface area (Å²) >= 11 is 7.23. The lowest BCUT2D eigenvalue weighted by Crippen LogP contribution is -2.26. The van der Waals surface area contributed by atoms with Crippen molar-refractivity contribution < 1.29 is 22.7 Å². The number of nitrogens with one attached hydrogen (secondary N) is 1. The van der Waals surface area contributed by atoms with Crippen molar-refractivity contribution in [2.45, 2.75) is 18.5 Å². The second-order valence-corrected chi connectivity index (χ2v) is 6.69. The smallest absolute Gasteiger partial charge is 0.422 e. The third-order valence-electron chi connectivity index (χ3n) is 3.11. The molecule has 4 nitrogen and oxygen atoms in total. The molecule has 1 aromatic heterocycles. The van der Waals surface area contributed by atoms with Crippen molar-refractivity contribution in [3.05, 3.63) is 58.7 Å². The number of rotatable bonds is 8. The summed E-state index contributed by atoms with van der Waals surface area (Å²) in [4.78, 5) is 15.7. The summed E-state index contributed by atoms with van der Waals surface area (Å²) in [5, 5.41) is 3.30. The number of amides is 1. The minimum absolute atomic E-state index is 0.0430. The van der Waals surface area contributed by atoms with Crippen molar-refractivity contribution in [3.63, 3.8) is 0 Å². The van der Waals surface area contributed by atoms with Gasteiger partial charge >= 0.3 is 6.18 Å². The van der Waals surface area contributed by atoms with Crippen LogP contribution < -0.4 is 10.1 Å². The molecule has 0 saturated carbocycles. The molecule has 0 aliphatic heterocycles. The van der Waals surface area contributed by atoms with Crippen molar-refractivity contribution in [1.29, 1.82) is 0 Å². The maximum atomic E-state index is 12.3. The molecule has 1 aromatic carbocycles. The number of thioether (sulfide) groups is 1. The maximum Gasteiger partial charge on any atom is 0.422 e. The molecule has 26 heavy (non-hydrogen) atoms. The standard InChI is InChI=1S/C17H16ClF3N2O2S/c18-14-5-3-12(4-6-14)9-26-10-15(24)23-8-13-2-1-7-22-16(13)25-11-17(19,20)21/h1-7H,8-11H2,(H,23,24). The van der Waals surface area contributed by atoms with Gasteiger partial charge in [0.25, 0.3) is 0 Å². The zero-order valence-corrected chi connectivity index (χ0v) is 15.1. The highest BCUT2D eigenvalue weighted by atomic mass is 35.5. The highest BCUT2D eigenvalue weighted by molar-refractivity contribution is 7.99. The normalized spacial score (nSPS) is 11.2. The number of hydrogen-bond donors (Lipinski definition) is 1. The summed E-state index contributed by atoms with van der Waals surface area (Å²) in [6, 6.07) is 10.4. The van der Waals surface area contributed by atoms with Crippen molar-refractivity contribution >= 4 is 29.3 Å². The Kier molecular flexibility index (Phi) is 7.59. The van der Waals surface area contributed by atoms with Crippen LogP contribution in [0, 0.1) is 0 Å². The van der Waals surface area contributed by atoms with E-state index in [1.54, 1.807) is 24.3 Å². The molecule has 1 heterocycles. The first-order valence-corrected chi connectivity index (χ1v) is 9.09. The van der Waals surface area contributed by atoms with E-state index in [0.29, 0.717) is 16.3 Å². The van der Waals surface area contributed by atoms with E-state index >= 15 is 0 Å². The van der Waals surface area contributed by atoms with Crippen LogP contribution in [-0.2, 0) is 17.1 Å². The molecule has 0 atom stereocenters. The number of aromatic nitrogens is 1. The van der Waals surface area contributed by atoms with E-state index in [0.717, 1.165) is 5.56 Å². The largest absolute Gasteiger partial charge is 0.468 e. The van der Waals surface area contributed by atoms with Crippen molar-refractivity contribution in [3.8, 4) is 5.88 Å². The Morgan fingerprint density at radius 3 is 2.65 bits per heavy atom. The Labute approximate surface area is 158 Å². The van der Waals surface area contributed by atoms with Gasteiger partial charge < -0.3 is 10.1 Å². The summed E-state index contributed by atoms with van der Waals surface area (Å²) in [6.45, 7) is -1.39. The van der Waals surface area contributed by atoms with Gasteiger partial charge in [0, 0.05) is 29.1 Å². The number of nitrogens with zero attached hydrogens (tertiary/aromatic N) is 1. The summed E-state index contributed by atoms with van der Waals surface area (Å²) < 4.78 is 41.4. The average Bonchev–Trinajstić information content (AvgIpc) is 2.60. The SMILES string of the molecule is O=C(CSCc1ccc(Cl)cc1)NCc1cccnc1OCC(F)(F)F. The monoisotopic (exact) mass is 404 g/mol. The number of ether oxygens (including phenoxy) is 1. The van der Waals surface area contributed by atoms with E-state index in [4.69, 9.17) is 11.6 Å². The highest BCUT2D eigenvalue weighted by Crippen LogP contribution is 2.20. The first-order chi connectivity index (χ1) is 12.3. The number of carbonyl (C=O) groups is 1. The highest BCUT2D eigenvalue weighted by Gasteiger charge is 2.29. The molecule has 0 radical (unpaired) electrons. The molecule has 0 bridgehead atoms. The van der Waals surface area contributed by atoms with E-state index < -0.39 is 12.8 Å². The third kappa shape index (κ3) is 7.53. The van der Waals surface area contributed by atoms with Crippen molar-refractivity contribution in [2.24, 2.45) is 0 Å². The van der Waals surface area contributed by atoms with Gasteiger partial charge in [-0.2, -0.15) is 13.2 Å². The molecule has 0 fully saturated rings. The topological polar surface area (TPSA) is 51.2 Å². The second-order valence-electron chi connectivity index (χ2n) is 5.27. The Hall–Kier alpha value is -1.93. The molecule has 2 aromatic rings. The third-order valence-corrected chi connectivity index (χ3v) is 4.37. The Bertz CT molecular complexity index is 727. The van der Waals surface area contributed by atoms with Gasteiger partial charge in [0.05, 0.1) is 5.75 Å². The predicted molar refractivity (Wildman–Crippen MR) is 95.2 cm³/mol. The minimum Gasteiger partial charge on any atom is -0.468 e. The molecule has 0 unspecified atom stereocenters. The number of hydrogen-bond acceptors (Lipinski definition) is 4. The fourth-order valence-electron chi connectivity index (χ4n) is 1.93. The van der Waals surface area contributed by atoms with E-state index in [1.807, 2.05) is 12.1 Å². The van der Waals surface area contributed by atoms with E-state index in [1.165, 1.54) is 18.0 Å². The van der Waals surface area contributed by atoms with Crippen LogP contribution in [0.2, 0.25) is 5.02 Å². The summed E-state index contributed by atoms with van der Waals surface area (Å²) in [7, 11) is 0. The molecule has 2 rings (SSSR count). The van der Waals surface area contributed by atoms with Crippen LogP contribution in [-0.4, -0.2) is 29.4 Å². The zero-order valence-electron chi connectivity index (χ0n) is 13.6. The zero-order chi connectivity index (χ0) is 19.0. The van der Waals surface area contributed by atoms with Crippen LogP contribution in [0.4, 0.5) is 13.2 Å². The van der Waals surface area contributed by atoms with Crippen LogP contribution >= 0.6 is 23.4 Å². The van der Waals surface area contributed by atoms with Crippen LogP contribution in [0.25, 0.3) is 0 Å². The van der Waals surface area contributed by atoms with Gasteiger partial charge in [-0.1, -0.05) is 29.8 Å². The van der Waals surface area contributed by atoms with Gasteiger partial charge in [-0.25, -0.2) is 4.98 Å². The van der Waals surface area contributed by atoms with Crippen LogP contribution in [0.5, 0.6) is 5.88 Å². The van der Waals surface area contributed by atoms with E-state index in [9.17, 15) is 18.0 Å². The van der Waals surface area contributed by atoms with Crippen LogP contribution in [0.1, 0.15) is 11.1 Å². The van der Waals surface area contributed by atoms with Crippen LogP contribution in [0.15, 0.2) is 42.6 Å². The van der Waals surface area contributed by atoms with Gasteiger partial charge in [-0.05, 0) is 23.8 Å². The average molecular weight is 405 g/mol. The Morgan fingerprint density at radius 1 is 1.23 bits per heavy atom. The minimum atomic E-state index is -4.45. The Balaban J connectivity index is 1.77. The molecule has 9 heteroatoms. The summed E-state index contributed by atoms with van der Waals surface area (Å²) in [5.74, 6) is 0.507. The Morgan fingerprint density at radius 2 is 1.96 bits per heavy atom. The lowest BCUT2D eigenvalue weighted by atomic mass is 10.2. The van der Waals surface area contributed by atoms with Gasteiger partial charge in [0.1, 0.15) is 0 Å². The lowest BCUT2D eigenvalue weighted by Gasteiger charge is -2.12. The number of alkyl halides is 3. The summed E-state index contributed by atoms with van der Waals surface area (Å²) in [5.41, 5.74) is 1.43. The fraction of sp³-hybridized carbons (Fsp3) is 0.294.